The lowest BCUT2D eigenvalue weighted by Gasteiger charge is -2.05. The van der Waals surface area contributed by atoms with Crippen molar-refractivity contribution in [2.75, 3.05) is 0 Å². The van der Waals surface area contributed by atoms with E-state index in [4.69, 9.17) is 8.91 Å². The van der Waals surface area contributed by atoms with Crippen molar-refractivity contribution in [1.29, 1.82) is 0 Å². The summed E-state index contributed by atoms with van der Waals surface area (Å²) in [6.07, 6.45) is 0. The normalized spacial score (nSPS) is 11.7. The average Bonchev–Trinajstić information content (AvgIpc) is 2.31. The lowest BCUT2D eigenvalue weighted by molar-refractivity contribution is 0.715. The van der Waals surface area contributed by atoms with Crippen LogP contribution in [0, 0.1) is 0 Å². The molecule has 4 heteroatoms. The fourth-order valence-electron chi connectivity index (χ4n) is 1.54. The minimum atomic E-state index is 0.437. The smallest absolute Gasteiger partial charge is 0.248 e. The van der Waals surface area contributed by atoms with E-state index in [0.717, 1.165) is 16.3 Å². The number of benzene rings is 2. The summed E-state index contributed by atoms with van der Waals surface area (Å²) >= 11 is 1.77. The number of nitrogens with zero attached hydrogens (tertiary/aromatic N) is 1. The Kier molecular flexibility index (Phi) is 3.05. The van der Waals surface area contributed by atoms with Gasteiger partial charge in [0, 0.05) is 5.56 Å². The molecule has 2 aromatic carbocycles. The third kappa shape index (κ3) is 1.90. The summed E-state index contributed by atoms with van der Waals surface area (Å²) in [6, 6.07) is 14.0. The highest BCUT2D eigenvalue weighted by atomic mass is 127. The Bertz CT molecular complexity index is 505. The molecule has 3 nitrogen and oxygen atoms in total. The molecule has 0 saturated carbocycles. The van der Waals surface area contributed by atoms with Gasteiger partial charge in [0.15, 0.2) is 23.0 Å². The Morgan fingerprint density at radius 3 is 2.60 bits per heavy atom. The second-order valence-electron chi connectivity index (χ2n) is 3.04. The number of fused-ring (bicyclic) bond motifs is 1. The maximum absolute atomic E-state index is 5.26. The highest BCUT2D eigenvalue weighted by Crippen LogP contribution is 2.20. The van der Waals surface area contributed by atoms with Gasteiger partial charge in [-0.15, -0.1) is 5.10 Å². The van der Waals surface area contributed by atoms with Crippen molar-refractivity contribution < 1.29 is 3.07 Å². The Labute approximate surface area is 102 Å². The van der Waals surface area contributed by atoms with Crippen molar-refractivity contribution in [1.82, 2.24) is 0 Å². The van der Waals surface area contributed by atoms with E-state index in [9.17, 15) is 0 Å². The minimum absolute atomic E-state index is 0.437. The summed E-state index contributed by atoms with van der Waals surface area (Å²) in [5, 5.41) is 5.84. The third-order valence-electron chi connectivity index (χ3n) is 2.21. The fraction of sp³-hybridized carbons (Fsp3) is 0. The van der Waals surface area contributed by atoms with E-state index < -0.39 is 0 Å². The van der Waals surface area contributed by atoms with Crippen LogP contribution in [0.4, 0.5) is 0 Å². The molecule has 0 aliphatic carbocycles. The Morgan fingerprint density at radius 2 is 1.87 bits per heavy atom. The monoisotopic (exact) mass is 312 g/mol. The van der Waals surface area contributed by atoms with Gasteiger partial charge >= 0.3 is 0 Å². The summed E-state index contributed by atoms with van der Waals surface area (Å²) in [5.41, 5.74) is 0.907. The predicted octanol–water partition coefficient (Wildman–Crippen LogP) is 2.83. The van der Waals surface area contributed by atoms with Gasteiger partial charge in [-0.3, -0.25) is 0 Å². The third-order valence-corrected chi connectivity index (χ3v) is 2.63. The minimum Gasteiger partial charge on any atom is -0.406 e. The maximum atomic E-state index is 5.26. The zero-order valence-corrected chi connectivity index (χ0v) is 10.0. The number of hydrogen-bond acceptors (Lipinski definition) is 3. The van der Waals surface area contributed by atoms with Crippen LogP contribution >= 0.6 is 23.0 Å². The number of nitrogens with two attached hydrogens (primary N) is 1. The molecule has 0 heterocycles. The quantitative estimate of drug-likeness (QED) is 0.289. The molecule has 0 spiro atoms. The van der Waals surface area contributed by atoms with Crippen molar-refractivity contribution >= 4 is 39.7 Å². The first-order valence-corrected chi connectivity index (χ1v) is 5.29. The van der Waals surface area contributed by atoms with E-state index in [1.54, 1.807) is 23.0 Å². The summed E-state index contributed by atoms with van der Waals surface area (Å²) in [5.74, 6) is 5.70. The van der Waals surface area contributed by atoms with Crippen molar-refractivity contribution in [3.05, 3.63) is 48.0 Å². The molecule has 76 valence electrons. The molecule has 0 saturated heterocycles. The first-order chi connectivity index (χ1) is 7.36. The molecule has 0 aliphatic rings. The molecule has 2 aromatic rings. The van der Waals surface area contributed by atoms with Gasteiger partial charge in [-0.25, -0.2) is 0 Å². The molecule has 0 aliphatic heterocycles. The molecular formula is C11H9IN2O. The summed E-state index contributed by atoms with van der Waals surface area (Å²) in [7, 11) is 0. The van der Waals surface area contributed by atoms with Crippen LogP contribution in [0.1, 0.15) is 5.56 Å². The van der Waals surface area contributed by atoms with E-state index in [2.05, 4.69) is 5.10 Å². The van der Waals surface area contributed by atoms with Crippen molar-refractivity contribution in [3.8, 4) is 0 Å². The predicted molar refractivity (Wildman–Crippen MR) is 69.8 cm³/mol. The van der Waals surface area contributed by atoms with Crippen molar-refractivity contribution in [2.45, 2.75) is 0 Å². The molecular weight excluding hydrogens is 303 g/mol. The molecule has 0 unspecified atom stereocenters. The SMILES string of the molecule is NN=C(OI)c1cccc2ccccc12. The van der Waals surface area contributed by atoms with Gasteiger partial charge in [-0.2, -0.15) is 0 Å². The van der Waals surface area contributed by atoms with E-state index in [-0.39, 0.29) is 0 Å². The van der Waals surface area contributed by atoms with E-state index >= 15 is 0 Å². The van der Waals surface area contributed by atoms with Gasteiger partial charge in [0.2, 0.25) is 5.90 Å². The van der Waals surface area contributed by atoms with Crippen molar-refractivity contribution in [3.63, 3.8) is 0 Å². The molecule has 0 radical (unpaired) electrons. The molecule has 0 aromatic heterocycles. The molecule has 2 rings (SSSR count). The molecule has 0 atom stereocenters. The fourth-order valence-corrected chi connectivity index (χ4v) is 1.89. The Morgan fingerprint density at radius 1 is 1.13 bits per heavy atom. The highest BCUT2D eigenvalue weighted by molar-refractivity contribution is 14.1. The maximum Gasteiger partial charge on any atom is 0.248 e. The van der Waals surface area contributed by atoms with Gasteiger partial charge in [0.1, 0.15) is 0 Å². The van der Waals surface area contributed by atoms with Gasteiger partial charge in [-0.05, 0) is 16.8 Å². The van der Waals surface area contributed by atoms with Crippen LogP contribution in [-0.4, -0.2) is 5.90 Å². The topological polar surface area (TPSA) is 47.6 Å². The van der Waals surface area contributed by atoms with Crippen LogP contribution in [0.15, 0.2) is 47.6 Å². The average molecular weight is 312 g/mol. The first-order valence-electron chi connectivity index (χ1n) is 4.41. The van der Waals surface area contributed by atoms with Crippen LogP contribution in [-0.2, 0) is 3.07 Å². The van der Waals surface area contributed by atoms with Crippen LogP contribution in [0.3, 0.4) is 0 Å². The summed E-state index contributed by atoms with van der Waals surface area (Å²) in [4.78, 5) is 0. The van der Waals surface area contributed by atoms with Crippen LogP contribution in [0.5, 0.6) is 0 Å². The highest BCUT2D eigenvalue weighted by Gasteiger charge is 2.07. The van der Waals surface area contributed by atoms with Crippen LogP contribution < -0.4 is 5.84 Å². The molecule has 0 fully saturated rings. The molecule has 15 heavy (non-hydrogen) atoms. The second-order valence-corrected chi connectivity index (χ2v) is 3.48. The zero-order valence-electron chi connectivity index (χ0n) is 7.85. The van der Waals surface area contributed by atoms with Gasteiger partial charge in [0.05, 0.1) is 0 Å². The van der Waals surface area contributed by atoms with E-state index in [1.807, 2.05) is 42.5 Å². The largest absolute Gasteiger partial charge is 0.406 e. The number of hydrogen-bond donors (Lipinski definition) is 1. The number of halogens is 1. The molecule has 0 bridgehead atoms. The van der Waals surface area contributed by atoms with Gasteiger partial charge in [-0.1, -0.05) is 36.4 Å². The van der Waals surface area contributed by atoms with Crippen molar-refractivity contribution in [2.24, 2.45) is 10.9 Å². The first kappa shape index (κ1) is 10.2. The van der Waals surface area contributed by atoms with E-state index in [1.165, 1.54) is 0 Å². The number of hydrazone groups is 1. The summed E-state index contributed by atoms with van der Waals surface area (Å²) < 4.78 is 5.09. The Balaban J connectivity index is 2.71. The standard InChI is InChI=1S/C11H9IN2O/c12-15-11(14-13)10-7-3-5-8-4-1-2-6-9(8)10/h1-7H,13H2. The van der Waals surface area contributed by atoms with Gasteiger partial charge < -0.3 is 8.91 Å². The van der Waals surface area contributed by atoms with Gasteiger partial charge in [0.25, 0.3) is 0 Å². The zero-order chi connectivity index (χ0) is 10.7. The lowest BCUT2D eigenvalue weighted by Crippen LogP contribution is -2.04. The van der Waals surface area contributed by atoms with E-state index in [0.29, 0.717) is 5.90 Å². The lowest BCUT2D eigenvalue weighted by atomic mass is 10.0. The van der Waals surface area contributed by atoms with Crippen LogP contribution in [0.25, 0.3) is 10.8 Å². The molecule has 2 N–H and O–H groups in total. The second kappa shape index (κ2) is 4.48. The number of rotatable bonds is 1. The van der Waals surface area contributed by atoms with Crippen LogP contribution in [0.2, 0.25) is 0 Å². The Hall–Kier alpha value is -1.30. The summed E-state index contributed by atoms with van der Waals surface area (Å²) in [6.45, 7) is 0. The molecule has 0 amide bonds.